The molecule has 2 aromatic rings. The summed E-state index contributed by atoms with van der Waals surface area (Å²) in [7, 11) is 0. The molecule has 4 nitrogen and oxygen atoms in total. The number of unbranched alkanes of at least 4 members (excludes halogenated alkanes) is 1. The lowest BCUT2D eigenvalue weighted by Crippen LogP contribution is -2.32. The molecule has 2 aromatic carbocycles. The second-order valence-corrected chi connectivity index (χ2v) is 5.63. The molecule has 1 saturated heterocycles. The summed E-state index contributed by atoms with van der Waals surface area (Å²) in [6.45, 7) is 2.83. The Morgan fingerprint density at radius 1 is 1.04 bits per heavy atom. The van der Waals surface area contributed by atoms with Crippen LogP contribution in [0.25, 0.3) is 6.08 Å². The summed E-state index contributed by atoms with van der Waals surface area (Å²) >= 11 is 0. The molecule has 1 N–H and O–H groups in total. The Hall–Kier alpha value is -2.88. The highest BCUT2D eigenvalue weighted by molar-refractivity contribution is 6.29. The number of hydrogen-bond donors (Lipinski definition) is 1. The third kappa shape index (κ3) is 3.54. The fourth-order valence-corrected chi connectivity index (χ4v) is 2.53. The van der Waals surface area contributed by atoms with Gasteiger partial charge >= 0.3 is 0 Å². The molecule has 24 heavy (non-hydrogen) atoms. The summed E-state index contributed by atoms with van der Waals surface area (Å²) < 4.78 is 0. The van der Waals surface area contributed by atoms with Crippen LogP contribution in [0.15, 0.2) is 71.4 Å². The number of benzene rings is 2. The molecule has 1 heterocycles. The van der Waals surface area contributed by atoms with Crippen LogP contribution in [0.3, 0.4) is 0 Å². The van der Waals surface area contributed by atoms with Gasteiger partial charge in [0.25, 0.3) is 5.91 Å². The molecule has 1 fully saturated rings. The molecule has 0 spiro atoms. The number of hydrogen-bond acceptors (Lipinski definition) is 2. The predicted octanol–water partition coefficient (Wildman–Crippen LogP) is 3.82. The zero-order valence-corrected chi connectivity index (χ0v) is 13.8. The lowest BCUT2D eigenvalue weighted by molar-refractivity contribution is -0.113. The van der Waals surface area contributed by atoms with Crippen LogP contribution in [0.4, 0.5) is 5.69 Å². The van der Waals surface area contributed by atoms with Crippen LogP contribution >= 0.6 is 0 Å². The van der Waals surface area contributed by atoms with Gasteiger partial charge in [-0.25, -0.2) is 4.90 Å². The molecular weight excluding hydrogens is 298 g/mol. The van der Waals surface area contributed by atoms with Crippen LogP contribution < -0.4 is 10.2 Å². The smallest absolute Gasteiger partial charge is 0.281 e. The van der Waals surface area contributed by atoms with Gasteiger partial charge in [0.2, 0.25) is 5.96 Å². The third-order valence-electron chi connectivity index (χ3n) is 3.79. The SMILES string of the molecule is CCCCN=C1N/C(=C\c2ccccc2)C(=O)N1c1ccccc1. The van der Waals surface area contributed by atoms with Crippen LogP contribution in [0.5, 0.6) is 0 Å². The fourth-order valence-electron chi connectivity index (χ4n) is 2.53. The first kappa shape index (κ1) is 16.0. The van der Waals surface area contributed by atoms with Crippen molar-refractivity contribution in [3.05, 3.63) is 71.9 Å². The van der Waals surface area contributed by atoms with Gasteiger partial charge in [0, 0.05) is 6.54 Å². The Kier molecular flexibility index (Phi) is 5.06. The third-order valence-corrected chi connectivity index (χ3v) is 3.79. The molecule has 1 aliphatic heterocycles. The number of carbonyl (C=O) groups is 1. The highest BCUT2D eigenvalue weighted by Crippen LogP contribution is 2.22. The maximum atomic E-state index is 12.9. The van der Waals surface area contributed by atoms with E-state index >= 15 is 0 Å². The highest BCUT2D eigenvalue weighted by atomic mass is 16.2. The van der Waals surface area contributed by atoms with E-state index < -0.39 is 0 Å². The first-order chi connectivity index (χ1) is 11.8. The van der Waals surface area contributed by atoms with Crippen molar-refractivity contribution in [2.45, 2.75) is 19.8 Å². The van der Waals surface area contributed by atoms with E-state index in [1.54, 1.807) is 4.90 Å². The van der Waals surface area contributed by atoms with E-state index in [9.17, 15) is 4.79 Å². The van der Waals surface area contributed by atoms with Crippen LogP contribution in [0.1, 0.15) is 25.3 Å². The van der Waals surface area contributed by atoms with Crippen LogP contribution in [0.2, 0.25) is 0 Å². The summed E-state index contributed by atoms with van der Waals surface area (Å²) in [5, 5.41) is 3.18. The lowest BCUT2D eigenvalue weighted by Gasteiger charge is -2.15. The number of anilines is 1. The average molecular weight is 319 g/mol. The minimum atomic E-state index is -0.0831. The topological polar surface area (TPSA) is 44.7 Å². The van der Waals surface area contributed by atoms with Crippen molar-refractivity contribution < 1.29 is 4.79 Å². The monoisotopic (exact) mass is 319 g/mol. The van der Waals surface area contributed by atoms with Crippen LogP contribution in [-0.4, -0.2) is 18.4 Å². The average Bonchev–Trinajstić information content (AvgIpc) is 2.92. The molecule has 0 aliphatic carbocycles. The van der Waals surface area contributed by atoms with E-state index in [1.807, 2.05) is 66.7 Å². The normalized spacial score (nSPS) is 17.5. The van der Waals surface area contributed by atoms with Gasteiger partial charge in [0.05, 0.1) is 5.69 Å². The molecule has 0 saturated carbocycles. The van der Waals surface area contributed by atoms with Crippen molar-refractivity contribution >= 4 is 23.6 Å². The molecule has 0 atom stereocenters. The largest absolute Gasteiger partial charge is 0.321 e. The zero-order chi connectivity index (χ0) is 16.8. The quantitative estimate of drug-likeness (QED) is 0.672. The summed E-state index contributed by atoms with van der Waals surface area (Å²) in [6, 6.07) is 19.4. The van der Waals surface area contributed by atoms with Gasteiger partial charge in [-0.3, -0.25) is 9.79 Å². The van der Waals surface area contributed by atoms with Gasteiger partial charge in [0.15, 0.2) is 0 Å². The van der Waals surface area contributed by atoms with E-state index in [1.165, 1.54) is 0 Å². The maximum absolute atomic E-state index is 12.9. The van der Waals surface area contributed by atoms with Crippen molar-refractivity contribution in [3.8, 4) is 0 Å². The first-order valence-corrected chi connectivity index (χ1v) is 8.27. The molecule has 4 heteroatoms. The van der Waals surface area contributed by atoms with Gasteiger partial charge in [0.1, 0.15) is 5.70 Å². The van der Waals surface area contributed by atoms with Crippen molar-refractivity contribution in [1.82, 2.24) is 5.32 Å². The second kappa shape index (κ2) is 7.59. The summed E-state index contributed by atoms with van der Waals surface area (Å²) in [5.74, 6) is 0.516. The molecular formula is C20H21N3O. The maximum Gasteiger partial charge on any atom is 0.281 e. The van der Waals surface area contributed by atoms with E-state index in [4.69, 9.17) is 0 Å². The lowest BCUT2D eigenvalue weighted by atomic mass is 10.2. The van der Waals surface area contributed by atoms with Gasteiger partial charge in [-0.15, -0.1) is 0 Å². The number of nitrogens with zero attached hydrogens (tertiary/aromatic N) is 2. The highest BCUT2D eigenvalue weighted by Gasteiger charge is 2.32. The fraction of sp³-hybridized carbons (Fsp3) is 0.200. The summed E-state index contributed by atoms with van der Waals surface area (Å²) in [5.41, 5.74) is 2.35. The van der Waals surface area contributed by atoms with Gasteiger partial charge in [-0.2, -0.15) is 0 Å². The molecule has 0 aromatic heterocycles. The first-order valence-electron chi connectivity index (χ1n) is 8.27. The Labute approximate surface area is 142 Å². The molecule has 0 unspecified atom stereocenters. The minimum absolute atomic E-state index is 0.0831. The van der Waals surface area contributed by atoms with Crippen molar-refractivity contribution in [3.63, 3.8) is 0 Å². The number of guanidine groups is 1. The number of para-hydroxylation sites is 1. The molecule has 1 aliphatic rings. The Morgan fingerprint density at radius 2 is 1.71 bits per heavy atom. The van der Waals surface area contributed by atoms with Crippen LogP contribution in [-0.2, 0) is 4.79 Å². The standard InChI is InChI=1S/C20H21N3O/c1-2-3-14-21-20-22-18(15-16-10-6-4-7-11-16)19(24)23(20)17-12-8-5-9-13-17/h4-13,15H,2-3,14H2,1H3,(H,21,22)/b18-15-. The van der Waals surface area contributed by atoms with Crippen molar-refractivity contribution in [1.29, 1.82) is 0 Å². The summed E-state index contributed by atoms with van der Waals surface area (Å²) in [4.78, 5) is 19.1. The predicted molar refractivity (Wildman–Crippen MR) is 98.7 cm³/mol. The Bertz CT molecular complexity index is 751. The zero-order valence-electron chi connectivity index (χ0n) is 13.8. The molecule has 0 bridgehead atoms. The van der Waals surface area contributed by atoms with E-state index in [0.29, 0.717) is 18.2 Å². The van der Waals surface area contributed by atoms with E-state index in [2.05, 4.69) is 17.2 Å². The van der Waals surface area contributed by atoms with Crippen molar-refractivity contribution in [2.75, 3.05) is 11.4 Å². The van der Waals surface area contributed by atoms with Crippen LogP contribution in [0, 0.1) is 0 Å². The number of nitrogens with one attached hydrogen (secondary N) is 1. The van der Waals surface area contributed by atoms with Crippen molar-refractivity contribution in [2.24, 2.45) is 4.99 Å². The molecule has 122 valence electrons. The Morgan fingerprint density at radius 3 is 2.38 bits per heavy atom. The number of carbonyl (C=O) groups excluding carboxylic acids is 1. The van der Waals surface area contributed by atoms with E-state index in [-0.39, 0.29) is 5.91 Å². The number of amides is 1. The van der Waals surface area contributed by atoms with Gasteiger partial charge in [-0.1, -0.05) is 61.9 Å². The summed E-state index contributed by atoms with van der Waals surface area (Å²) in [6.07, 6.45) is 3.93. The van der Waals surface area contributed by atoms with E-state index in [0.717, 1.165) is 24.1 Å². The van der Waals surface area contributed by atoms with Gasteiger partial charge in [-0.05, 0) is 30.2 Å². The van der Waals surface area contributed by atoms with Gasteiger partial charge < -0.3 is 5.32 Å². The number of rotatable bonds is 5. The molecule has 0 radical (unpaired) electrons. The minimum Gasteiger partial charge on any atom is -0.321 e. The molecule has 1 amide bonds. The second-order valence-electron chi connectivity index (χ2n) is 5.63. The Balaban J connectivity index is 1.94. The molecule has 3 rings (SSSR count). The number of aliphatic imine (C=N–C) groups is 1.